The van der Waals surface area contributed by atoms with Gasteiger partial charge in [0, 0.05) is 0 Å². The van der Waals surface area contributed by atoms with Gasteiger partial charge in [-0.15, -0.1) is 0 Å². The predicted molar refractivity (Wildman–Crippen MR) is 52.5 cm³/mol. The molecule has 0 spiro atoms. The van der Waals surface area contributed by atoms with Gasteiger partial charge in [-0.3, -0.25) is 0 Å². The van der Waals surface area contributed by atoms with E-state index in [1.807, 2.05) is 0 Å². The first-order valence-corrected chi connectivity index (χ1v) is 4.84. The Labute approximate surface area is 72.4 Å². The normalized spacial score (nSPS) is 12.0. The van der Waals surface area contributed by atoms with Crippen LogP contribution in [-0.2, 0) is 0 Å². The zero-order valence-corrected chi connectivity index (χ0v) is 8.61. The second-order valence-electron chi connectivity index (χ2n) is 4.57. The molecule has 0 aliphatic rings. The summed E-state index contributed by atoms with van der Waals surface area (Å²) in [5.41, 5.74) is 0.538. The van der Waals surface area contributed by atoms with E-state index in [-0.39, 0.29) is 0 Å². The van der Waals surface area contributed by atoms with Gasteiger partial charge in [0.05, 0.1) is 0 Å². The zero-order chi connectivity index (χ0) is 8.74. The van der Waals surface area contributed by atoms with E-state index in [1.165, 1.54) is 32.1 Å². The molecule has 0 heteroatoms. The first-order valence-electron chi connectivity index (χ1n) is 4.84. The summed E-state index contributed by atoms with van der Waals surface area (Å²) in [5.74, 6) is 0. The summed E-state index contributed by atoms with van der Waals surface area (Å²) in [4.78, 5) is 0. The highest BCUT2D eigenvalue weighted by Gasteiger charge is 2.08. The highest BCUT2D eigenvalue weighted by Crippen LogP contribution is 2.22. The molecule has 0 saturated carbocycles. The Hall–Kier alpha value is 0. The number of hydrogen-bond donors (Lipinski definition) is 0. The molecule has 0 heterocycles. The van der Waals surface area contributed by atoms with Gasteiger partial charge in [0.25, 0.3) is 0 Å². The van der Waals surface area contributed by atoms with Crippen LogP contribution in [0.25, 0.3) is 0 Å². The molecular weight excluding hydrogens is 132 g/mol. The highest BCUT2D eigenvalue weighted by atomic mass is 14.1. The van der Waals surface area contributed by atoms with Crippen molar-refractivity contribution < 1.29 is 0 Å². The topological polar surface area (TPSA) is 0 Å². The van der Waals surface area contributed by atoms with Crippen molar-refractivity contribution in [2.24, 2.45) is 5.41 Å². The third-order valence-electron chi connectivity index (χ3n) is 1.92. The molecule has 0 aromatic heterocycles. The van der Waals surface area contributed by atoms with Crippen molar-refractivity contribution in [1.82, 2.24) is 0 Å². The van der Waals surface area contributed by atoms with Gasteiger partial charge in [0.15, 0.2) is 0 Å². The lowest BCUT2D eigenvalue weighted by Crippen LogP contribution is -2.03. The summed E-state index contributed by atoms with van der Waals surface area (Å²) in [6, 6.07) is 0. The van der Waals surface area contributed by atoms with Gasteiger partial charge in [-0.2, -0.15) is 0 Å². The van der Waals surface area contributed by atoms with E-state index in [2.05, 4.69) is 34.1 Å². The van der Waals surface area contributed by atoms with Crippen LogP contribution in [0.5, 0.6) is 0 Å². The Kier molecular flexibility index (Phi) is 5.62. The summed E-state index contributed by atoms with van der Waals surface area (Å²) in [7, 11) is 0. The van der Waals surface area contributed by atoms with Crippen molar-refractivity contribution in [3.8, 4) is 0 Å². The van der Waals surface area contributed by atoms with E-state index < -0.39 is 0 Å². The summed E-state index contributed by atoms with van der Waals surface area (Å²) >= 11 is 0. The zero-order valence-electron chi connectivity index (χ0n) is 8.61. The summed E-state index contributed by atoms with van der Waals surface area (Å²) in [5, 5.41) is 0. The highest BCUT2D eigenvalue weighted by molar-refractivity contribution is 4.62. The van der Waals surface area contributed by atoms with Crippen molar-refractivity contribution in [3.63, 3.8) is 0 Å². The Morgan fingerprint density at radius 1 is 1.00 bits per heavy atom. The van der Waals surface area contributed by atoms with Crippen LogP contribution < -0.4 is 0 Å². The smallest absolute Gasteiger partial charge is 0.0383 e. The molecule has 0 bridgehead atoms. The molecule has 0 aliphatic heterocycles. The van der Waals surface area contributed by atoms with Crippen molar-refractivity contribution in [2.45, 2.75) is 59.8 Å². The molecule has 1 radical (unpaired) electrons. The molecule has 0 unspecified atom stereocenters. The molecule has 0 fully saturated rings. The molecule has 0 aliphatic carbocycles. The first kappa shape index (κ1) is 11.0. The van der Waals surface area contributed by atoms with E-state index in [9.17, 15) is 0 Å². The van der Waals surface area contributed by atoms with Crippen LogP contribution in [0.15, 0.2) is 0 Å². The molecule has 67 valence electrons. The molecule has 0 amide bonds. The maximum absolute atomic E-state index is 2.32. The summed E-state index contributed by atoms with van der Waals surface area (Å²) < 4.78 is 0. The minimum absolute atomic E-state index is 0.538. The third kappa shape index (κ3) is 10.0. The van der Waals surface area contributed by atoms with Crippen molar-refractivity contribution in [2.75, 3.05) is 0 Å². The molecule has 0 rings (SSSR count). The standard InChI is InChI=1S/C11H23/c1-5-6-7-8-9-10-11(2,3)4/h5H,6-10H2,1-4H3. The minimum Gasteiger partial charge on any atom is -0.0623 e. The Morgan fingerprint density at radius 3 is 2.09 bits per heavy atom. The fraction of sp³-hybridized carbons (Fsp3) is 0.909. The lowest BCUT2D eigenvalue weighted by atomic mass is 9.89. The van der Waals surface area contributed by atoms with E-state index in [1.54, 1.807) is 0 Å². The van der Waals surface area contributed by atoms with Crippen LogP contribution in [0.4, 0.5) is 0 Å². The maximum atomic E-state index is 2.32. The second-order valence-corrected chi connectivity index (χ2v) is 4.57. The second kappa shape index (κ2) is 5.62. The van der Waals surface area contributed by atoms with Gasteiger partial charge in [-0.05, 0) is 18.3 Å². The Bertz CT molecular complexity index is 76.5. The largest absolute Gasteiger partial charge is 0.0623 e. The average Bonchev–Trinajstić information content (AvgIpc) is 1.85. The number of hydrogen-bond acceptors (Lipinski definition) is 0. The van der Waals surface area contributed by atoms with Crippen molar-refractivity contribution in [1.29, 1.82) is 0 Å². The van der Waals surface area contributed by atoms with Crippen molar-refractivity contribution >= 4 is 0 Å². The van der Waals surface area contributed by atoms with Crippen LogP contribution in [0, 0.1) is 11.8 Å². The van der Waals surface area contributed by atoms with Gasteiger partial charge < -0.3 is 0 Å². The average molecular weight is 155 g/mol. The quantitative estimate of drug-likeness (QED) is 0.522. The van der Waals surface area contributed by atoms with E-state index in [0.29, 0.717) is 5.41 Å². The molecule has 0 aromatic rings. The summed E-state index contributed by atoms with van der Waals surface area (Å²) in [6.45, 7) is 9.10. The lowest BCUT2D eigenvalue weighted by Gasteiger charge is -2.17. The van der Waals surface area contributed by atoms with Crippen LogP contribution in [0.3, 0.4) is 0 Å². The van der Waals surface area contributed by atoms with Crippen LogP contribution in [0.1, 0.15) is 59.8 Å². The van der Waals surface area contributed by atoms with Crippen LogP contribution in [-0.4, -0.2) is 0 Å². The molecule has 0 aromatic carbocycles. The first-order chi connectivity index (χ1) is 5.06. The van der Waals surface area contributed by atoms with E-state index in [4.69, 9.17) is 0 Å². The number of rotatable bonds is 5. The molecule has 0 saturated heterocycles. The Balaban J connectivity index is 3.02. The monoisotopic (exact) mass is 155 g/mol. The summed E-state index contributed by atoms with van der Waals surface area (Å²) in [6.07, 6.45) is 9.11. The van der Waals surface area contributed by atoms with Gasteiger partial charge in [0.2, 0.25) is 0 Å². The molecular formula is C11H23. The van der Waals surface area contributed by atoms with Gasteiger partial charge in [-0.25, -0.2) is 0 Å². The predicted octanol–water partition coefficient (Wildman–Crippen LogP) is 4.21. The van der Waals surface area contributed by atoms with Crippen LogP contribution >= 0.6 is 0 Å². The maximum Gasteiger partial charge on any atom is -0.0383 e. The molecule has 0 nitrogen and oxygen atoms in total. The van der Waals surface area contributed by atoms with Gasteiger partial charge >= 0.3 is 0 Å². The molecule has 11 heavy (non-hydrogen) atoms. The number of unbranched alkanes of at least 4 members (excludes halogenated alkanes) is 4. The SMILES string of the molecule is C[CH]CCCCCC(C)(C)C. The Morgan fingerprint density at radius 2 is 1.64 bits per heavy atom. The fourth-order valence-corrected chi connectivity index (χ4v) is 1.18. The van der Waals surface area contributed by atoms with Crippen LogP contribution in [0.2, 0.25) is 0 Å². The van der Waals surface area contributed by atoms with E-state index in [0.717, 1.165) is 0 Å². The van der Waals surface area contributed by atoms with Gasteiger partial charge in [-0.1, -0.05) is 53.4 Å². The minimum atomic E-state index is 0.538. The fourth-order valence-electron chi connectivity index (χ4n) is 1.18. The molecule has 0 atom stereocenters. The van der Waals surface area contributed by atoms with Crippen molar-refractivity contribution in [3.05, 3.63) is 6.42 Å². The molecule has 0 N–H and O–H groups in total. The third-order valence-corrected chi connectivity index (χ3v) is 1.92. The van der Waals surface area contributed by atoms with E-state index >= 15 is 0 Å². The lowest BCUT2D eigenvalue weighted by molar-refractivity contribution is 0.358. The van der Waals surface area contributed by atoms with Gasteiger partial charge in [0.1, 0.15) is 0 Å².